The fourth-order valence-corrected chi connectivity index (χ4v) is 1.94. The number of hydrogen-bond donors (Lipinski definition) is 3. The maximum atomic E-state index is 11.8. The lowest BCUT2D eigenvalue weighted by Crippen LogP contribution is -2.43. The molecule has 4 N–H and O–H groups in total. The number of nitrogens with zero attached hydrogens (tertiary/aromatic N) is 2. The van der Waals surface area contributed by atoms with Gasteiger partial charge in [0, 0.05) is 26.2 Å². The molecule has 0 aliphatic carbocycles. The highest BCUT2D eigenvalue weighted by Gasteiger charge is 2.18. The van der Waals surface area contributed by atoms with Crippen molar-refractivity contribution in [2.75, 3.05) is 52.4 Å². The Kier molecular flexibility index (Phi) is 6.63. The van der Waals surface area contributed by atoms with Crippen LogP contribution in [0.5, 0.6) is 0 Å². The highest BCUT2D eigenvalue weighted by atomic mass is 16.3. The molecule has 7 heteroatoms. The van der Waals surface area contributed by atoms with E-state index < -0.39 is 0 Å². The minimum absolute atomic E-state index is 0.00995. The number of rotatable bonds is 5. The highest BCUT2D eigenvalue weighted by molar-refractivity contribution is 5.85. The van der Waals surface area contributed by atoms with Gasteiger partial charge in [0.05, 0.1) is 19.7 Å². The topological polar surface area (TPSA) is 98.9 Å². The molecule has 0 aromatic rings. The molecule has 7 nitrogen and oxygen atoms in total. The normalized spacial score (nSPS) is 17.3. The lowest BCUT2D eigenvalue weighted by molar-refractivity contribution is -0.132. The Labute approximate surface area is 107 Å². The number of hydrogen-bond acceptors (Lipinski definition) is 5. The summed E-state index contributed by atoms with van der Waals surface area (Å²) < 4.78 is 0. The van der Waals surface area contributed by atoms with Gasteiger partial charge in [-0.25, -0.2) is 0 Å². The molecule has 1 saturated heterocycles. The molecule has 2 amide bonds. The third kappa shape index (κ3) is 4.99. The number of carbonyl (C=O) groups is 2. The molecule has 0 atom stereocenters. The summed E-state index contributed by atoms with van der Waals surface area (Å²) in [4.78, 5) is 26.7. The van der Waals surface area contributed by atoms with Gasteiger partial charge in [-0.15, -0.1) is 0 Å². The Bertz CT molecular complexity index is 285. The second kappa shape index (κ2) is 8.02. The van der Waals surface area contributed by atoms with Crippen LogP contribution >= 0.6 is 0 Å². The third-order valence-electron chi connectivity index (χ3n) is 2.98. The van der Waals surface area contributed by atoms with Gasteiger partial charge in [0.1, 0.15) is 0 Å². The summed E-state index contributed by atoms with van der Waals surface area (Å²) in [6.45, 7) is 3.67. The lowest BCUT2D eigenvalue weighted by atomic mass is 10.3. The smallest absolute Gasteiger partial charge is 0.242 e. The molecule has 0 aromatic carbocycles. The Hall–Kier alpha value is -1.18. The first kappa shape index (κ1) is 14.9. The molecule has 1 fully saturated rings. The summed E-state index contributed by atoms with van der Waals surface area (Å²) in [7, 11) is 0. The van der Waals surface area contributed by atoms with E-state index in [2.05, 4.69) is 10.2 Å². The molecule has 0 spiro atoms. The number of aliphatic hydroxyl groups excluding tert-OH is 1. The van der Waals surface area contributed by atoms with Crippen LogP contribution in [0.1, 0.15) is 6.42 Å². The molecule has 0 radical (unpaired) electrons. The van der Waals surface area contributed by atoms with Crippen molar-refractivity contribution >= 4 is 11.8 Å². The summed E-state index contributed by atoms with van der Waals surface area (Å²) in [6, 6.07) is 0. The summed E-state index contributed by atoms with van der Waals surface area (Å²) in [5.74, 6) is -0.400. The van der Waals surface area contributed by atoms with E-state index in [1.54, 1.807) is 4.90 Å². The summed E-state index contributed by atoms with van der Waals surface area (Å²) in [5.41, 5.74) is 5.15. The Morgan fingerprint density at radius 1 is 1.22 bits per heavy atom. The van der Waals surface area contributed by atoms with Crippen molar-refractivity contribution in [2.45, 2.75) is 6.42 Å². The maximum absolute atomic E-state index is 11.8. The second-order valence-corrected chi connectivity index (χ2v) is 4.28. The van der Waals surface area contributed by atoms with Crippen LogP contribution < -0.4 is 11.1 Å². The molecular formula is C11H22N4O3. The molecule has 104 valence electrons. The van der Waals surface area contributed by atoms with Crippen molar-refractivity contribution in [3.05, 3.63) is 0 Å². The zero-order valence-corrected chi connectivity index (χ0v) is 10.6. The van der Waals surface area contributed by atoms with Gasteiger partial charge in [0.25, 0.3) is 0 Å². The first-order valence-corrected chi connectivity index (χ1v) is 6.25. The van der Waals surface area contributed by atoms with E-state index in [4.69, 9.17) is 10.8 Å². The largest absolute Gasteiger partial charge is 0.395 e. The molecule has 0 saturated carbocycles. The number of β-amino-alcohol motifs (C(OH)–C–C–N with tert-alkyl or cyclic N) is 1. The fourth-order valence-electron chi connectivity index (χ4n) is 1.94. The fraction of sp³-hybridized carbons (Fsp3) is 0.818. The average molecular weight is 258 g/mol. The minimum atomic E-state index is -0.319. The van der Waals surface area contributed by atoms with Crippen LogP contribution in [0.15, 0.2) is 0 Å². The predicted molar refractivity (Wildman–Crippen MR) is 66.8 cm³/mol. The van der Waals surface area contributed by atoms with E-state index in [0.29, 0.717) is 19.6 Å². The third-order valence-corrected chi connectivity index (χ3v) is 2.98. The van der Waals surface area contributed by atoms with Crippen molar-refractivity contribution < 1.29 is 14.7 Å². The highest BCUT2D eigenvalue weighted by Crippen LogP contribution is 2.02. The van der Waals surface area contributed by atoms with Crippen LogP contribution in [0.2, 0.25) is 0 Å². The first-order chi connectivity index (χ1) is 8.67. The monoisotopic (exact) mass is 258 g/mol. The van der Waals surface area contributed by atoms with E-state index in [0.717, 1.165) is 19.5 Å². The first-order valence-electron chi connectivity index (χ1n) is 6.25. The quantitative estimate of drug-likeness (QED) is 0.510. The van der Waals surface area contributed by atoms with Crippen LogP contribution in [0.4, 0.5) is 0 Å². The zero-order chi connectivity index (χ0) is 13.4. The van der Waals surface area contributed by atoms with Gasteiger partial charge < -0.3 is 21.1 Å². The summed E-state index contributed by atoms with van der Waals surface area (Å²) >= 11 is 0. The van der Waals surface area contributed by atoms with Crippen LogP contribution in [0.3, 0.4) is 0 Å². The predicted octanol–water partition coefficient (Wildman–Crippen LogP) is -2.41. The van der Waals surface area contributed by atoms with E-state index in [1.807, 2.05) is 0 Å². The van der Waals surface area contributed by atoms with Crippen molar-refractivity contribution in [1.82, 2.24) is 15.1 Å². The number of aliphatic hydroxyl groups is 1. The molecule has 1 heterocycles. The van der Waals surface area contributed by atoms with Gasteiger partial charge >= 0.3 is 0 Å². The SMILES string of the molecule is NCC(=O)NCC(=O)N1CCCN(CCO)CC1. The zero-order valence-electron chi connectivity index (χ0n) is 10.6. The molecule has 1 rings (SSSR count). The Morgan fingerprint density at radius 2 is 2.00 bits per heavy atom. The van der Waals surface area contributed by atoms with Gasteiger partial charge in [-0.3, -0.25) is 14.5 Å². The number of nitrogens with one attached hydrogen (secondary N) is 1. The van der Waals surface area contributed by atoms with E-state index in [1.165, 1.54) is 0 Å². The van der Waals surface area contributed by atoms with E-state index >= 15 is 0 Å². The van der Waals surface area contributed by atoms with E-state index in [-0.39, 0.29) is 31.5 Å². The molecule has 0 unspecified atom stereocenters. The van der Waals surface area contributed by atoms with Crippen LogP contribution in [-0.4, -0.2) is 79.1 Å². The molecule has 0 aromatic heterocycles. The second-order valence-electron chi connectivity index (χ2n) is 4.28. The average Bonchev–Trinajstić information content (AvgIpc) is 2.61. The molecular weight excluding hydrogens is 236 g/mol. The molecule has 1 aliphatic rings. The van der Waals surface area contributed by atoms with Crippen molar-refractivity contribution in [3.8, 4) is 0 Å². The Balaban J connectivity index is 2.33. The lowest BCUT2D eigenvalue weighted by Gasteiger charge is -2.21. The van der Waals surface area contributed by atoms with Crippen molar-refractivity contribution in [1.29, 1.82) is 0 Å². The van der Waals surface area contributed by atoms with E-state index in [9.17, 15) is 9.59 Å². The molecule has 0 bridgehead atoms. The number of nitrogens with two attached hydrogens (primary N) is 1. The van der Waals surface area contributed by atoms with Crippen LogP contribution in [-0.2, 0) is 9.59 Å². The van der Waals surface area contributed by atoms with Crippen LogP contribution in [0.25, 0.3) is 0 Å². The van der Waals surface area contributed by atoms with Gasteiger partial charge in [0.15, 0.2) is 0 Å². The standard InChI is InChI=1S/C11H22N4O3/c12-8-10(17)13-9-11(18)15-3-1-2-14(4-5-15)6-7-16/h16H,1-9,12H2,(H,13,17). The van der Waals surface area contributed by atoms with Gasteiger partial charge in [-0.1, -0.05) is 0 Å². The minimum Gasteiger partial charge on any atom is -0.395 e. The van der Waals surface area contributed by atoms with Crippen molar-refractivity contribution in [3.63, 3.8) is 0 Å². The summed E-state index contributed by atoms with van der Waals surface area (Å²) in [5, 5.41) is 11.4. The Morgan fingerprint density at radius 3 is 2.67 bits per heavy atom. The van der Waals surface area contributed by atoms with Gasteiger partial charge in [0.2, 0.25) is 11.8 Å². The van der Waals surface area contributed by atoms with Gasteiger partial charge in [-0.05, 0) is 13.0 Å². The molecule has 1 aliphatic heterocycles. The number of carbonyl (C=O) groups excluding carboxylic acids is 2. The maximum Gasteiger partial charge on any atom is 0.242 e. The summed E-state index contributed by atoms with van der Waals surface area (Å²) in [6.07, 6.45) is 0.885. The van der Waals surface area contributed by atoms with Crippen molar-refractivity contribution in [2.24, 2.45) is 5.73 Å². The number of amides is 2. The van der Waals surface area contributed by atoms with Gasteiger partial charge in [-0.2, -0.15) is 0 Å². The van der Waals surface area contributed by atoms with Crippen LogP contribution in [0, 0.1) is 0 Å². The molecule has 18 heavy (non-hydrogen) atoms.